The van der Waals surface area contributed by atoms with E-state index in [0.717, 1.165) is 34.5 Å². The number of benzene rings is 1. The van der Waals surface area contributed by atoms with Crippen LogP contribution in [0.4, 0.5) is 0 Å². The summed E-state index contributed by atoms with van der Waals surface area (Å²) in [6.45, 7) is 4.54. The molecule has 0 bridgehead atoms. The number of rotatable bonds is 1. The topological polar surface area (TPSA) is 72.8 Å². The second-order valence-electron chi connectivity index (χ2n) is 5.50. The average molecular weight is 409 g/mol. The van der Waals surface area contributed by atoms with Crippen molar-refractivity contribution in [3.05, 3.63) is 49.9 Å². The zero-order valence-corrected chi connectivity index (χ0v) is 15.7. The number of H-pyrrole nitrogens is 1. The summed E-state index contributed by atoms with van der Waals surface area (Å²) >= 11 is 5.15. The van der Waals surface area contributed by atoms with E-state index in [4.69, 9.17) is 4.74 Å². The molecular formula is C16H17BrN4O2S. The normalized spacial score (nSPS) is 12.5. The van der Waals surface area contributed by atoms with Gasteiger partial charge in [-0.25, -0.2) is 14.5 Å². The second kappa shape index (κ2) is 7.31. The summed E-state index contributed by atoms with van der Waals surface area (Å²) in [5.74, 6) is 0.925. The summed E-state index contributed by atoms with van der Waals surface area (Å²) in [5.41, 5.74) is 3.94. The molecule has 3 aromatic rings. The van der Waals surface area contributed by atoms with E-state index in [0.29, 0.717) is 0 Å². The molecule has 0 amide bonds. The number of nitrogens with zero attached hydrogens (tertiary/aromatic N) is 3. The van der Waals surface area contributed by atoms with Crippen molar-refractivity contribution in [3.63, 3.8) is 0 Å². The molecule has 0 atom stereocenters. The molecule has 8 heteroatoms. The summed E-state index contributed by atoms with van der Waals surface area (Å²) in [7, 11) is 0. The van der Waals surface area contributed by atoms with E-state index < -0.39 is 0 Å². The van der Waals surface area contributed by atoms with Crippen LogP contribution in [-0.4, -0.2) is 26.4 Å². The first-order valence-electron chi connectivity index (χ1n) is 7.53. The Balaban J connectivity index is 0.000000162. The summed E-state index contributed by atoms with van der Waals surface area (Å²) in [4.78, 5) is 18.9. The number of thiazole rings is 1. The van der Waals surface area contributed by atoms with E-state index in [1.54, 1.807) is 11.3 Å². The average Bonchev–Trinajstić information content (AvgIpc) is 3.14. The van der Waals surface area contributed by atoms with Gasteiger partial charge in [-0.1, -0.05) is 15.9 Å². The second-order valence-corrected chi connectivity index (χ2v) is 7.35. The van der Waals surface area contributed by atoms with Gasteiger partial charge in [-0.15, -0.1) is 11.3 Å². The number of hydrogen-bond acceptors (Lipinski definition) is 5. The molecule has 1 aliphatic heterocycles. The first-order valence-corrected chi connectivity index (χ1v) is 9.21. The first kappa shape index (κ1) is 16.9. The van der Waals surface area contributed by atoms with Crippen LogP contribution in [0, 0.1) is 0 Å². The quantitative estimate of drug-likeness (QED) is 0.666. The van der Waals surface area contributed by atoms with Crippen LogP contribution in [0.5, 0.6) is 5.75 Å². The highest BCUT2D eigenvalue weighted by Gasteiger charge is 2.17. The van der Waals surface area contributed by atoms with Gasteiger partial charge < -0.3 is 4.74 Å². The lowest BCUT2D eigenvalue weighted by atomic mass is 10.1. The van der Waals surface area contributed by atoms with E-state index in [9.17, 15) is 4.79 Å². The Morgan fingerprint density at radius 3 is 2.92 bits per heavy atom. The Hall–Kier alpha value is -1.93. The number of hydrogen-bond donors (Lipinski definition) is 1. The number of fused-ring (bicyclic) bond motifs is 3. The van der Waals surface area contributed by atoms with Gasteiger partial charge >= 0.3 is 5.69 Å². The lowest BCUT2D eigenvalue weighted by Crippen LogP contribution is -2.19. The molecule has 0 saturated carbocycles. The van der Waals surface area contributed by atoms with Gasteiger partial charge in [0.05, 0.1) is 23.9 Å². The van der Waals surface area contributed by atoms with Crippen LogP contribution in [0.15, 0.2) is 39.3 Å². The maximum absolute atomic E-state index is 10.7. The van der Waals surface area contributed by atoms with Gasteiger partial charge in [0.1, 0.15) is 12.1 Å². The third kappa shape index (κ3) is 3.59. The number of aromatic amines is 1. The molecule has 1 aliphatic rings. The van der Waals surface area contributed by atoms with Crippen molar-refractivity contribution >= 4 is 27.3 Å². The molecule has 2 aromatic heterocycles. The van der Waals surface area contributed by atoms with Crippen molar-refractivity contribution in [2.75, 3.05) is 6.61 Å². The zero-order valence-electron chi connectivity index (χ0n) is 13.3. The SMILES string of the molecule is Brc1ccc2c(c1)OCCc1scnc1-2.CC(C)n1nc[nH]c1=O. The molecule has 0 unspecified atom stereocenters. The fraction of sp³-hybridized carbons (Fsp3) is 0.312. The minimum Gasteiger partial charge on any atom is -0.492 e. The van der Waals surface area contributed by atoms with E-state index in [1.807, 2.05) is 31.5 Å². The summed E-state index contributed by atoms with van der Waals surface area (Å²) in [6.07, 6.45) is 2.34. The fourth-order valence-electron chi connectivity index (χ4n) is 2.37. The molecule has 126 valence electrons. The van der Waals surface area contributed by atoms with E-state index in [-0.39, 0.29) is 11.7 Å². The monoisotopic (exact) mass is 408 g/mol. The van der Waals surface area contributed by atoms with Crippen LogP contribution in [0.25, 0.3) is 11.3 Å². The van der Waals surface area contributed by atoms with Gasteiger partial charge in [0.2, 0.25) is 0 Å². The van der Waals surface area contributed by atoms with Gasteiger partial charge in [0, 0.05) is 21.3 Å². The van der Waals surface area contributed by atoms with Gasteiger partial charge in [-0.2, -0.15) is 5.10 Å². The molecule has 1 N–H and O–H groups in total. The summed E-state index contributed by atoms with van der Waals surface area (Å²) in [5, 5.41) is 3.76. The van der Waals surface area contributed by atoms with E-state index in [2.05, 4.69) is 37.1 Å². The van der Waals surface area contributed by atoms with Crippen molar-refractivity contribution in [2.45, 2.75) is 26.3 Å². The van der Waals surface area contributed by atoms with Gasteiger partial charge in [0.25, 0.3) is 0 Å². The molecule has 6 nitrogen and oxygen atoms in total. The molecule has 3 heterocycles. The van der Waals surface area contributed by atoms with Crippen molar-refractivity contribution in [3.8, 4) is 17.0 Å². The minimum absolute atomic E-state index is 0.142. The molecule has 4 rings (SSSR count). The van der Waals surface area contributed by atoms with Crippen molar-refractivity contribution in [1.29, 1.82) is 0 Å². The van der Waals surface area contributed by atoms with Gasteiger partial charge in [0.15, 0.2) is 0 Å². The zero-order chi connectivity index (χ0) is 17.1. The highest BCUT2D eigenvalue weighted by Crippen LogP contribution is 2.37. The van der Waals surface area contributed by atoms with Crippen molar-refractivity contribution < 1.29 is 4.74 Å². The Labute approximate surface area is 151 Å². The molecular weight excluding hydrogens is 392 g/mol. The Bertz CT molecular complexity index is 884. The smallest absolute Gasteiger partial charge is 0.343 e. The molecule has 0 aliphatic carbocycles. The van der Waals surface area contributed by atoms with Crippen LogP contribution in [-0.2, 0) is 6.42 Å². The lowest BCUT2D eigenvalue weighted by Gasteiger charge is -2.06. The summed E-state index contributed by atoms with van der Waals surface area (Å²) in [6, 6.07) is 6.23. The van der Waals surface area contributed by atoms with Crippen LogP contribution >= 0.6 is 27.3 Å². The van der Waals surface area contributed by atoms with Crippen LogP contribution in [0.1, 0.15) is 24.8 Å². The third-order valence-electron chi connectivity index (χ3n) is 3.49. The summed E-state index contributed by atoms with van der Waals surface area (Å²) < 4.78 is 8.14. The van der Waals surface area contributed by atoms with Crippen molar-refractivity contribution in [1.82, 2.24) is 19.7 Å². The molecule has 1 aromatic carbocycles. The molecule has 0 spiro atoms. The predicted octanol–water partition coefficient (Wildman–Crippen LogP) is 3.66. The number of nitrogens with one attached hydrogen (secondary N) is 1. The lowest BCUT2D eigenvalue weighted by molar-refractivity contribution is 0.327. The maximum Gasteiger partial charge on any atom is 0.343 e. The fourth-order valence-corrected chi connectivity index (χ4v) is 3.47. The largest absolute Gasteiger partial charge is 0.492 e. The molecule has 0 saturated heterocycles. The Morgan fingerprint density at radius 2 is 2.25 bits per heavy atom. The number of ether oxygens (including phenoxy) is 1. The molecule has 24 heavy (non-hydrogen) atoms. The minimum atomic E-state index is -0.148. The van der Waals surface area contributed by atoms with Crippen LogP contribution < -0.4 is 10.4 Å². The van der Waals surface area contributed by atoms with Crippen LogP contribution in [0.2, 0.25) is 0 Å². The third-order valence-corrected chi connectivity index (χ3v) is 4.88. The predicted molar refractivity (Wildman–Crippen MR) is 97.7 cm³/mol. The van der Waals surface area contributed by atoms with Gasteiger partial charge in [-0.05, 0) is 32.0 Å². The molecule has 0 radical (unpaired) electrons. The first-order chi connectivity index (χ1) is 11.6. The van der Waals surface area contributed by atoms with Crippen LogP contribution in [0.3, 0.4) is 0 Å². The highest BCUT2D eigenvalue weighted by molar-refractivity contribution is 9.10. The number of aromatic nitrogens is 4. The Morgan fingerprint density at radius 1 is 1.42 bits per heavy atom. The number of halogens is 1. The Kier molecular flexibility index (Phi) is 5.15. The maximum atomic E-state index is 10.7. The van der Waals surface area contributed by atoms with E-state index >= 15 is 0 Å². The standard InChI is InChI=1S/C11H8BrNOS.C5H9N3O/c12-7-1-2-8-9(5-7)14-4-3-10-11(8)13-6-15-10;1-4(2)8-5(9)6-3-7-8/h1-2,5-6H,3-4H2;3-4H,1-2H3,(H,6,7,9). The van der Waals surface area contributed by atoms with Crippen molar-refractivity contribution in [2.24, 2.45) is 0 Å². The van der Waals surface area contributed by atoms with Gasteiger partial charge in [-0.3, -0.25) is 4.98 Å². The highest BCUT2D eigenvalue weighted by atomic mass is 79.9. The molecule has 0 fully saturated rings. The van der Waals surface area contributed by atoms with E-state index in [1.165, 1.54) is 15.9 Å².